The van der Waals surface area contributed by atoms with E-state index in [0.717, 1.165) is 0 Å². The minimum atomic E-state index is -0.895. The van der Waals surface area contributed by atoms with E-state index in [2.05, 4.69) is 0 Å². The van der Waals surface area contributed by atoms with E-state index in [-0.39, 0.29) is 11.0 Å². The monoisotopic (exact) mass is 254 g/mol. The summed E-state index contributed by atoms with van der Waals surface area (Å²) in [7, 11) is -0.870. The van der Waals surface area contributed by atoms with Gasteiger partial charge in [0.2, 0.25) is 0 Å². The normalized spacial score (nSPS) is 21.4. The average Bonchev–Trinajstić information content (AvgIpc) is 2.45. The van der Waals surface area contributed by atoms with Crippen LogP contribution in [-0.4, -0.2) is 18.3 Å². The zero-order valence-electron chi connectivity index (χ0n) is 11.3. The number of halogens is 2. The van der Waals surface area contributed by atoms with Gasteiger partial charge in [-0.15, -0.1) is 0 Å². The van der Waals surface area contributed by atoms with E-state index < -0.39 is 30.0 Å². The fraction of sp³-hybridized carbons (Fsp3) is 0.538. The van der Waals surface area contributed by atoms with Gasteiger partial charge in [0.1, 0.15) is 0 Å². The number of aryl methyl sites for hydroxylation is 1. The van der Waals surface area contributed by atoms with E-state index in [4.69, 9.17) is 9.31 Å². The van der Waals surface area contributed by atoms with Gasteiger partial charge in [0.15, 0.2) is 11.6 Å². The maximum Gasteiger partial charge on any atom is 0.497 e. The first kappa shape index (κ1) is 13.5. The zero-order valence-corrected chi connectivity index (χ0v) is 11.3. The van der Waals surface area contributed by atoms with Gasteiger partial charge >= 0.3 is 7.12 Å². The molecule has 0 amide bonds. The molecule has 2 nitrogen and oxygen atoms in total. The van der Waals surface area contributed by atoms with Gasteiger partial charge in [0, 0.05) is 5.46 Å². The highest BCUT2D eigenvalue weighted by atomic mass is 19.2. The molecule has 0 unspecified atom stereocenters. The van der Waals surface area contributed by atoms with Crippen molar-refractivity contribution in [2.75, 3.05) is 0 Å². The largest absolute Gasteiger partial charge is 0.497 e. The molecule has 0 radical (unpaired) electrons. The first-order valence-electron chi connectivity index (χ1n) is 5.96. The van der Waals surface area contributed by atoms with Gasteiger partial charge in [-0.1, -0.05) is 12.1 Å². The van der Waals surface area contributed by atoms with Crippen molar-refractivity contribution in [2.45, 2.75) is 45.8 Å². The molecule has 1 fully saturated rings. The quantitative estimate of drug-likeness (QED) is 0.717. The maximum absolute atomic E-state index is 13.9. The van der Waals surface area contributed by atoms with Crippen LogP contribution < -0.4 is 5.46 Å². The predicted octanol–water partition coefficient (Wildman–Crippen LogP) is 2.57. The molecule has 0 saturated carbocycles. The molecule has 2 rings (SSSR count). The molecule has 1 aromatic carbocycles. The van der Waals surface area contributed by atoms with Crippen LogP contribution in [0.25, 0.3) is 0 Å². The molecule has 5 heteroatoms. The standard InChI is InChI=1S/C13H17BF2O2/c1-8-6-7-9(11(16)10(8)15)14-17-12(2,3)13(4,5)18-14/h6-7H,1-5H3. The second kappa shape index (κ2) is 4.03. The smallest absolute Gasteiger partial charge is 0.399 e. The average molecular weight is 254 g/mol. The highest BCUT2D eigenvalue weighted by Gasteiger charge is 2.52. The summed E-state index contributed by atoms with van der Waals surface area (Å²) in [5, 5.41) is 0. The van der Waals surface area contributed by atoms with E-state index in [1.54, 1.807) is 0 Å². The van der Waals surface area contributed by atoms with Gasteiger partial charge in [-0.25, -0.2) is 8.78 Å². The van der Waals surface area contributed by atoms with Crippen molar-refractivity contribution in [3.05, 3.63) is 29.3 Å². The third-order valence-electron chi connectivity index (χ3n) is 3.81. The van der Waals surface area contributed by atoms with Crippen molar-refractivity contribution in [1.82, 2.24) is 0 Å². The molecule has 0 aromatic heterocycles. The summed E-state index contributed by atoms with van der Waals surface area (Å²) in [5.41, 5.74) is -0.749. The third kappa shape index (κ3) is 1.95. The van der Waals surface area contributed by atoms with Crippen LogP contribution >= 0.6 is 0 Å². The van der Waals surface area contributed by atoms with Gasteiger partial charge in [-0.3, -0.25) is 0 Å². The second-order valence-corrected chi connectivity index (χ2v) is 5.69. The topological polar surface area (TPSA) is 18.5 Å². The number of benzene rings is 1. The van der Waals surface area contributed by atoms with E-state index in [1.165, 1.54) is 19.1 Å². The predicted molar refractivity (Wildman–Crippen MR) is 66.8 cm³/mol. The molecule has 1 aliphatic rings. The fourth-order valence-electron chi connectivity index (χ4n) is 1.81. The van der Waals surface area contributed by atoms with Crippen LogP contribution in [0.1, 0.15) is 33.3 Å². The Morgan fingerprint density at radius 1 is 0.944 bits per heavy atom. The molecular weight excluding hydrogens is 237 g/mol. The Kier molecular flexibility index (Phi) is 3.02. The van der Waals surface area contributed by atoms with Crippen molar-refractivity contribution in [2.24, 2.45) is 0 Å². The van der Waals surface area contributed by atoms with Crippen molar-refractivity contribution in [3.8, 4) is 0 Å². The Balaban J connectivity index is 2.39. The summed E-state index contributed by atoms with van der Waals surface area (Å²) in [6, 6.07) is 3.04. The van der Waals surface area contributed by atoms with Crippen LogP contribution in [0.2, 0.25) is 0 Å². The van der Waals surface area contributed by atoms with Gasteiger partial charge in [-0.05, 0) is 40.2 Å². The maximum atomic E-state index is 13.9. The Morgan fingerprint density at radius 3 is 1.94 bits per heavy atom. The molecule has 1 aromatic rings. The van der Waals surface area contributed by atoms with Crippen molar-refractivity contribution in [3.63, 3.8) is 0 Å². The Labute approximate surface area is 106 Å². The van der Waals surface area contributed by atoms with Crippen LogP contribution in [0.15, 0.2) is 12.1 Å². The van der Waals surface area contributed by atoms with Gasteiger partial charge in [0.05, 0.1) is 11.2 Å². The van der Waals surface area contributed by atoms with Gasteiger partial charge in [-0.2, -0.15) is 0 Å². The summed E-state index contributed by atoms with van der Waals surface area (Å²) in [5.74, 6) is -1.74. The molecule has 0 N–H and O–H groups in total. The minimum Gasteiger partial charge on any atom is -0.399 e. The summed E-state index contributed by atoms with van der Waals surface area (Å²) in [6.45, 7) is 9.00. The van der Waals surface area contributed by atoms with Crippen LogP contribution in [0, 0.1) is 18.6 Å². The molecule has 0 bridgehead atoms. The molecule has 1 heterocycles. The Hall–Kier alpha value is -0.935. The Morgan fingerprint density at radius 2 is 1.44 bits per heavy atom. The summed E-state index contributed by atoms with van der Waals surface area (Å²) >= 11 is 0. The lowest BCUT2D eigenvalue weighted by Gasteiger charge is -2.32. The summed E-state index contributed by atoms with van der Waals surface area (Å²) in [6.07, 6.45) is 0. The van der Waals surface area contributed by atoms with Crippen LogP contribution in [0.4, 0.5) is 8.78 Å². The summed E-state index contributed by atoms with van der Waals surface area (Å²) < 4.78 is 38.8. The SMILES string of the molecule is Cc1ccc(B2OC(C)(C)C(C)(C)O2)c(F)c1F. The van der Waals surface area contributed by atoms with Crippen molar-refractivity contribution < 1.29 is 18.1 Å². The molecule has 1 aliphatic heterocycles. The molecule has 0 aliphatic carbocycles. The molecular formula is C13H17BF2O2. The lowest BCUT2D eigenvalue weighted by atomic mass is 9.78. The minimum absolute atomic E-state index is 0.108. The molecule has 0 atom stereocenters. The van der Waals surface area contributed by atoms with Gasteiger partial charge < -0.3 is 9.31 Å². The van der Waals surface area contributed by atoms with Crippen LogP contribution in [-0.2, 0) is 9.31 Å². The number of hydrogen-bond acceptors (Lipinski definition) is 2. The Bertz CT molecular complexity index is 470. The van der Waals surface area contributed by atoms with Crippen LogP contribution in [0.5, 0.6) is 0 Å². The fourth-order valence-corrected chi connectivity index (χ4v) is 1.81. The molecule has 98 valence electrons. The molecule has 1 saturated heterocycles. The van der Waals surface area contributed by atoms with Crippen molar-refractivity contribution >= 4 is 12.6 Å². The van der Waals surface area contributed by atoms with Crippen LogP contribution in [0.3, 0.4) is 0 Å². The molecule has 0 spiro atoms. The number of rotatable bonds is 1. The van der Waals surface area contributed by atoms with E-state index in [9.17, 15) is 8.78 Å². The highest BCUT2D eigenvalue weighted by molar-refractivity contribution is 6.62. The lowest BCUT2D eigenvalue weighted by molar-refractivity contribution is 0.00578. The summed E-state index contributed by atoms with van der Waals surface area (Å²) in [4.78, 5) is 0. The third-order valence-corrected chi connectivity index (χ3v) is 3.81. The van der Waals surface area contributed by atoms with E-state index >= 15 is 0 Å². The first-order valence-corrected chi connectivity index (χ1v) is 5.96. The first-order chi connectivity index (χ1) is 8.16. The van der Waals surface area contributed by atoms with E-state index in [1.807, 2.05) is 27.7 Å². The van der Waals surface area contributed by atoms with E-state index in [0.29, 0.717) is 0 Å². The van der Waals surface area contributed by atoms with Crippen molar-refractivity contribution in [1.29, 1.82) is 0 Å². The highest BCUT2D eigenvalue weighted by Crippen LogP contribution is 2.36. The number of hydrogen-bond donors (Lipinski definition) is 0. The lowest BCUT2D eigenvalue weighted by Crippen LogP contribution is -2.41. The second-order valence-electron chi connectivity index (χ2n) is 5.69. The zero-order chi connectivity index (χ0) is 13.7. The van der Waals surface area contributed by atoms with Gasteiger partial charge in [0.25, 0.3) is 0 Å². The molecule has 18 heavy (non-hydrogen) atoms.